The number of rotatable bonds is 50. The van der Waals surface area contributed by atoms with Crippen molar-refractivity contribution in [1.29, 1.82) is 0 Å². The Bertz CT molecular complexity index is 1420. The van der Waals surface area contributed by atoms with Crippen molar-refractivity contribution in [2.24, 2.45) is 0 Å². The Balaban J connectivity index is 4.44. The summed E-state index contributed by atoms with van der Waals surface area (Å²) >= 11 is 0. The van der Waals surface area contributed by atoms with Crippen molar-refractivity contribution in [1.82, 2.24) is 0 Å². The Morgan fingerprint density at radius 1 is 0.304 bits per heavy atom. The van der Waals surface area contributed by atoms with Gasteiger partial charge in [-0.25, -0.2) is 0 Å². The van der Waals surface area contributed by atoms with Gasteiger partial charge in [0.1, 0.15) is 13.2 Å². The van der Waals surface area contributed by atoms with Gasteiger partial charge in [0, 0.05) is 19.3 Å². The number of carbonyl (C=O) groups excluding carboxylic acids is 3. The van der Waals surface area contributed by atoms with E-state index in [1.807, 2.05) is 0 Å². The monoisotopic (exact) mass is 957 g/mol. The minimum atomic E-state index is -0.811. The van der Waals surface area contributed by atoms with Crippen LogP contribution in [0.5, 0.6) is 0 Å². The van der Waals surface area contributed by atoms with E-state index in [-0.39, 0.29) is 37.5 Å². The fourth-order valence-electron chi connectivity index (χ4n) is 7.54. The second-order valence-electron chi connectivity index (χ2n) is 18.4. The minimum absolute atomic E-state index is 0.104. The first-order valence-electron chi connectivity index (χ1n) is 28.4. The Morgan fingerprint density at radius 3 is 0.913 bits per heavy atom. The summed E-state index contributed by atoms with van der Waals surface area (Å²) in [7, 11) is 0. The second-order valence-corrected chi connectivity index (χ2v) is 18.4. The van der Waals surface area contributed by atoms with Crippen molar-refractivity contribution in [3.05, 3.63) is 109 Å². The summed E-state index contributed by atoms with van der Waals surface area (Å²) in [6.07, 6.45) is 76.5. The lowest BCUT2D eigenvalue weighted by Gasteiger charge is -2.18. The maximum Gasteiger partial charge on any atom is 0.306 e. The van der Waals surface area contributed by atoms with Crippen molar-refractivity contribution >= 4 is 17.9 Å². The number of hydrogen-bond donors (Lipinski definition) is 0. The molecule has 0 radical (unpaired) electrons. The van der Waals surface area contributed by atoms with Crippen LogP contribution < -0.4 is 0 Å². The van der Waals surface area contributed by atoms with Gasteiger partial charge in [-0.15, -0.1) is 0 Å². The van der Waals surface area contributed by atoms with Gasteiger partial charge in [-0.3, -0.25) is 14.4 Å². The first kappa shape index (κ1) is 65.1. The molecule has 392 valence electrons. The zero-order chi connectivity index (χ0) is 50.0. The van der Waals surface area contributed by atoms with E-state index >= 15 is 0 Å². The SMILES string of the molecule is CC/C=C\C/C=C\C/C=C\C/C=C\CCCCC(=O)OC(COC(=O)CCCCCCC/C=C\C/C=C\C/C=C\CC)COC(=O)CCCCCCCCCCC/C=C\C/C=C\CCCCCCC. The average molecular weight is 958 g/mol. The molecule has 0 aliphatic rings. The van der Waals surface area contributed by atoms with E-state index in [0.717, 1.165) is 122 Å². The molecule has 1 atom stereocenters. The molecule has 0 heterocycles. The van der Waals surface area contributed by atoms with Crippen molar-refractivity contribution in [3.8, 4) is 0 Å². The van der Waals surface area contributed by atoms with E-state index in [9.17, 15) is 14.4 Å². The predicted molar refractivity (Wildman–Crippen MR) is 297 cm³/mol. The van der Waals surface area contributed by atoms with Crippen LogP contribution in [0.3, 0.4) is 0 Å². The Morgan fingerprint density at radius 2 is 0.565 bits per heavy atom. The van der Waals surface area contributed by atoms with Crippen LogP contribution in [0.25, 0.3) is 0 Å². The number of hydrogen-bond acceptors (Lipinski definition) is 6. The average Bonchev–Trinajstić information content (AvgIpc) is 3.35. The molecule has 0 saturated carbocycles. The lowest BCUT2D eigenvalue weighted by atomic mass is 10.1. The summed E-state index contributed by atoms with van der Waals surface area (Å²) in [6, 6.07) is 0. The fourth-order valence-corrected chi connectivity index (χ4v) is 7.54. The molecule has 6 nitrogen and oxygen atoms in total. The molecule has 0 bridgehead atoms. The number of esters is 3. The molecule has 0 N–H and O–H groups in total. The lowest BCUT2D eigenvalue weighted by Crippen LogP contribution is -2.30. The number of ether oxygens (including phenoxy) is 3. The second kappa shape index (κ2) is 56.7. The molecule has 0 spiro atoms. The maximum absolute atomic E-state index is 12.8. The Hall–Kier alpha value is -3.93. The van der Waals surface area contributed by atoms with Crippen LogP contribution in [-0.2, 0) is 28.6 Å². The molecule has 0 fully saturated rings. The highest BCUT2D eigenvalue weighted by atomic mass is 16.6. The summed E-state index contributed by atoms with van der Waals surface area (Å²) in [5.41, 5.74) is 0. The van der Waals surface area contributed by atoms with Gasteiger partial charge in [0.05, 0.1) is 0 Å². The molecule has 0 saturated heterocycles. The number of allylic oxidation sites excluding steroid dienone is 18. The Labute approximate surface area is 425 Å². The zero-order valence-corrected chi connectivity index (χ0v) is 44.8. The van der Waals surface area contributed by atoms with Crippen LogP contribution in [0.2, 0.25) is 0 Å². The molecule has 6 heteroatoms. The van der Waals surface area contributed by atoms with Gasteiger partial charge in [-0.2, -0.15) is 0 Å². The number of carbonyl (C=O) groups is 3. The smallest absolute Gasteiger partial charge is 0.306 e. The van der Waals surface area contributed by atoms with E-state index in [4.69, 9.17) is 14.2 Å². The van der Waals surface area contributed by atoms with E-state index in [2.05, 4.69) is 130 Å². The van der Waals surface area contributed by atoms with Crippen molar-refractivity contribution in [2.45, 2.75) is 258 Å². The molecule has 69 heavy (non-hydrogen) atoms. The maximum atomic E-state index is 12.8. The third-order valence-corrected chi connectivity index (χ3v) is 11.7. The highest BCUT2D eigenvalue weighted by Gasteiger charge is 2.19. The third-order valence-electron chi connectivity index (χ3n) is 11.7. The van der Waals surface area contributed by atoms with Gasteiger partial charge in [-0.1, -0.05) is 220 Å². The first-order valence-corrected chi connectivity index (χ1v) is 28.4. The molecule has 0 amide bonds. The van der Waals surface area contributed by atoms with Crippen molar-refractivity contribution < 1.29 is 28.6 Å². The van der Waals surface area contributed by atoms with Crippen LogP contribution in [0.15, 0.2) is 109 Å². The van der Waals surface area contributed by atoms with Crippen molar-refractivity contribution in [2.75, 3.05) is 13.2 Å². The standard InChI is InChI=1S/C63H104O6/c1-4-7-10-13-16-19-22-25-28-29-30-31-32-33-36-38-41-44-47-50-53-56-62(65)68-59-60(69-63(66)57-54-51-48-45-42-39-35-27-24-21-18-15-12-9-6-3)58-67-61(64)55-52-49-46-43-40-37-34-26-23-20-17-14-11-8-5-2/h8-9,11-12,17-18,20-22,25-27,29-30,34-35,42,45,60H,4-7,10,13-16,19,23-24,28,31-33,36-41,43-44,46-59H2,1-3H3/b11-8-,12-9-,20-17-,21-18-,25-22-,30-29-,34-26-,35-27-,45-42-. The van der Waals surface area contributed by atoms with E-state index < -0.39 is 6.10 Å². The van der Waals surface area contributed by atoms with Gasteiger partial charge in [0.15, 0.2) is 6.10 Å². The quantitative estimate of drug-likeness (QED) is 0.0262. The van der Waals surface area contributed by atoms with Gasteiger partial charge >= 0.3 is 17.9 Å². The topological polar surface area (TPSA) is 78.9 Å². The molecule has 0 aromatic heterocycles. The molecule has 1 unspecified atom stereocenters. The minimum Gasteiger partial charge on any atom is -0.462 e. The summed E-state index contributed by atoms with van der Waals surface area (Å²) in [5, 5.41) is 0. The zero-order valence-electron chi connectivity index (χ0n) is 44.8. The van der Waals surface area contributed by atoms with E-state index in [0.29, 0.717) is 19.3 Å². The lowest BCUT2D eigenvalue weighted by molar-refractivity contribution is -0.167. The van der Waals surface area contributed by atoms with Gasteiger partial charge in [0.25, 0.3) is 0 Å². The summed E-state index contributed by atoms with van der Waals surface area (Å²) in [6.45, 7) is 6.35. The van der Waals surface area contributed by atoms with Gasteiger partial charge in [-0.05, 0) is 122 Å². The summed E-state index contributed by atoms with van der Waals surface area (Å²) in [4.78, 5) is 38.1. The molecular formula is C63H104O6. The molecule has 0 aromatic rings. The fraction of sp³-hybridized carbons (Fsp3) is 0.667. The van der Waals surface area contributed by atoms with Crippen LogP contribution >= 0.6 is 0 Å². The summed E-state index contributed by atoms with van der Waals surface area (Å²) in [5.74, 6) is -0.968. The number of unbranched alkanes of at least 4 members (excludes halogenated alkanes) is 21. The third kappa shape index (κ3) is 54.9. The van der Waals surface area contributed by atoms with Crippen LogP contribution in [0.1, 0.15) is 252 Å². The van der Waals surface area contributed by atoms with Crippen LogP contribution in [-0.4, -0.2) is 37.2 Å². The predicted octanol–water partition coefficient (Wildman–Crippen LogP) is 19.1. The van der Waals surface area contributed by atoms with Crippen molar-refractivity contribution in [3.63, 3.8) is 0 Å². The van der Waals surface area contributed by atoms with Gasteiger partial charge in [0.2, 0.25) is 0 Å². The highest BCUT2D eigenvalue weighted by molar-refractivity contribution is 5.71. The molecule has 0 rings (SSSR count). The van der Waals surface area contributed by atoms with Crippen LogP contribution in [0.4, 0.5) is 0 Å². The first-order chi connectivity index (χ1) is 34.0. The molecule has 0 aromatic carbocycles. The largest absolute Gasteiger partial charge is 0.462 e. The molecular weight excluding hydrogens is 853 g/mol. The van der Waals surface area contributed by atoms with E-state index in [1.54, 1.807) is 0 Å². The molecule has 0 aliphatic heterocycles. The normalized spacial score (nSPS) is 12.9. The highest BCUT2D eigenvalue weighted by Crippen LogP contribution is 2.14. The summed E-state index contributed by atoms with van der Waals surface area (Å²) < 4.78 is 16.8. The van der Waals surface area contributed by atoms with E-state index in [1.165, 1.54) is 83.5 Å². The Kier molecular flexibility index (Phi) is 53.4. The molecule has 0 aliphatic carbocycles. The van der Waals surface area contributed by atoms with Crippen LogP contribution in [0, 0.1) is 0 Å². The van der Waals surface area contributed by atoms with Gasteiger partial charge < -0.3 is 14.2 Å².